The molecule has 0 spiro atoms. The fourth-order valence-corrected chi connectivity index (χ4v) is 3.74. The Morgan fingerprint density at radius 2 is 2.07 bits per heavy atom. The molecule has 2 aromatic carbocycles. The standard InChI is InChI=1S/C19H17ClFN3O2S/c1-3-24-18(26)13-6-4-5-7-15(13)23-19(24)27-11(2)17(25)22-16-9-8-12(21)10-14(16)20/h4-11H,3H2,1-2H3,(H,22,25)/t11-/m0/s1. The van der Waals surface area contributed by atoms with Crippen LogP contribution < -0.4 is 10.9 Å². The van der Waals surface area contributed by atoms with E-state index in [1.165, 1.54) is 23.9 Å². The highest BCUT2D eigenvalue weighted by Crippen LogP contribution is 2.26. The lowest BCUT2D eigenvalue weighted by molar-refractivity contribution is -0.115. The predicted octanol–water partition coefficient (Wildman–Crippen LogP) is 4.33. The van der Waals surface area contributed by atoms with Gasteiger partial charge >= 0.3 is 0 Å². The second kappa shape index (κ2) is 8.10. The molecule has 0 aliphatic heterocycles. The summed E-state index contributed by atoms with van der Waals surface area (Å²) >= 11 is 7.14. The normalized spacial score (nSPS) is 12.1. The van der Waals surface area contributed by atoms with E-state index in [-0.39, 0.29) is 16.5 Å². The zero-order chi connectivity index (χ0) is 19.6. The van der Waals surface area contributed by atoms with E-state index in [1.54, 1.807) is 29.7 Å². The van der Waals surface area contributed by atoms with Crippen molar-refractivity contribution in [1.29, 1.82) is 0 Å². The SMILES string of the molecule is CCn1c(S[C@@H](C)C(=O)Nc2ccc(F)cc2Cl)nc2ccccc2c1=O. The Bertz CT molecular complexity index is 1070. The van der Waals surface area contributed by atoms with Crippen LogP contribution in [0.25, 0.3) is 10.9 Å². The lowest BCUT2D eigenvalue weighted by Crippen LogP contribution is -2.26. The first-order valence-electron chi connectivity index (χ1n) is 8.33. The smallest absolute Gasteiger partial charge is 0.262 e. The van der Waals surface area contributed by atoms with Crippen molar-refractivity contribution in [1.82, 2.24) is 9.55 Å². The third-order valence-corrected chi connectivity index (χ3v) is 5.39. The molecule has 1 heterocycles. The topological polar surface area (TPSA) is 64.0 Å². The van der Waals surface area contributed by atoms with Gasteiger partial charge in [0.15, 0.2) is 5.16 Å². The molecule has 3 rings (SSSR count). The highest BCUT2D eigenvalue weighted by molar-refractivity contribution is 8.00. The van der Waals surface area contributed by atoms with Crippen molar-refractivity contribution in [3.05, 3.63) is 63.7 Å². The highest BCUT2D eigenvalue weighted by Gasteiger charge is 2.20. The third kappa shape index (κ3) is 4.14. The molecule has 0 fully saturated rings. The predicted molar refractivity (Wildman–Crippen MR) is 107 cm³/mol. The lowest BCUT2D eigenvalue weighted by Gasteiger charge is -2.15. The number of nitrogens with one attached hydrogen (secondary N) is 1. The fraction of sp³-hybridized carbons (Fsp3) is 0.211. The number of hydrogen-bond acceptors (Lipinski definition) is 4. The Labute approximate surface area is 164 Å². The van der Waals surface area contributed by atoms with Crippen LogP contribution in [0.1, 0.15) is 13.8 Å². The van der Waals surface area contributed by atoms with E-state index < -0.39 is 11.1 Å². The Morgan fingerprint density at radius 1 is 1.33 bits per heavy atom. The Balaban J connectivity index is 1.85. The number of para-hydroxylation sites is 1. The summed E-state index contributed by atoms with van der Waals surface area (Å²) in [5.41, 5.74) is 0.776. The maximum Gasteiger partial charge on any atom is 0.262 e. The Kier molecular flexibility index (Phi) is 5.82. The highest BCUT2D eigenvalue weighted by atomic mass is 35.5. The van der Waals surface area contributed by atoms with Gasteiger partial charge in [-0.25, -0.2) is 9.37 Å². The van der Waals surface area contributed by atoms with Crippen molar-refractivity contribution in [3.8, 4) is 0 Å². The molecule has 0 aliphatic carbocycles. The second-order valence-electron chi connectivity index (χ2n) is 5.83. The van der Waals surface area contributed by atoms with Crippen molar-refractivity contribution in [3.63, 3.8) is 0 Å². The molecule has 0 unspecified atom stereocenters. The maximum absolute atomic E-state index is 13.1. The largest absolute Gasteiger partial charge is 0.324 e. The molecule has 1 atom stereocenters. The number of benzene rings is 2. The zero-order valence-corrected chi connectivity index (χ0v) is 16.3. The summed E-state index contributed by atoms with van der Waals surface area (Å²) < 4.78 is 14.7. The first-order chi connectivity index (χ1) is 12.9. The quantitative estimate of drug-likeness (QED) is 0.507. The third-order valence-electron chi connectivity index (χ3n) is 3.98. The van der Waals surface area contributed by atoms with Gasteiger partial charge in [-0.1, -0.05) is 35.5 Å². The molecule has 8 heteroatoms. The number of carbonyl (C=O) groups excluding carboxylic acids is 1. The number of carbonyl (C=O) groups is 1. The van der Waals surface area contributed by atoms with Crippen LogP contribution in [0, 0.1) is 5.82 Å². The summed E-state index contributed by atoms with van der Waals surface area (Å²) in [6.07, 6.45) is 0. The molecule has 5 nitrogen and oxygen atoms in total. The number of nitrogens with zero attached hydrogens (tertiary/aromatic N) is 2. The minimum absolute atomic E-state index is 0.120. The van der Waals surface area contributed by atoms with Gasteiger partial charge in [0, 0.05) is 6.54 Å². The molecule has 0 bridgehead atoms. The monoisotopic (exact) mass is 405 g/mol. The number of aromatic nitrogens is 2. The van der Waals surface area contributed by atoms with Crippen LogP contribution in [-0.2, 0) is 11.3 Å². The number of thioether (sulfide) groups is 1. The molecule has 1 amide bonds. The van der Waals surface area contributed by atoms with E-state index in [1.807, 2.05) is 13.0 Å². The fourth-order valence-electron chi connectivity index (χ4n) is 2.55. The van der Waals surface area contributed by atoms with Crippen molar-refractivity contribution >= 4 is 45.9 Å². The van der Waals surface area contributed by atoms with Gasteiger partial charge in [-0.05, 0) is 44.2 Å². The van der Waals surface area contributed by atoms with Gasteiger partial charge in [0.2, 0.25) is 5.91 Å². The van der Waals surface area contributed by atoms with E-state index in [4.69, 9.17) is 11.6 Å². The van der Waals surface area contributed by atoms with Gasteiger partial charge in [0.05, 0.1) is 26.9 Å². The molecule has 27 heavy (non-hydrogen) atoms. The average molecular weight is 406 g/mol. The van der Waals surface area contributed by atoms with Gasteiger partial charge in [-0.15, -0.1) is 0 Å². The minimum atomic E-state index is -0.544. The molecular formula is C19H17ClFN3O2S. The summed E-state index contributed by atoms with van der Waals surface area (Å²) in [5.74, 6) is -0.800. The van der Waals surface area contributed by atoms with Crippen molar-refractivity contribution < 1.29 is 9.18 Å². The van der Waals surface area contributed by atoms with Crippen LogP contribution >= 0.6 is 23.4 Å². The zero-order valence-electron chi connectivity index (χ0n) is 14.7. The Hall–Kier alpha value is -2.38. The molecule has 1 aromatic heterocycles. The van der Waals surface area contributed by atoms with Gasteiger partial charge < -0.3 is 5.32 Å². The van der Waals surface area contributed by atoms with Gasteiger partial charge in [-0.3, -0.25) is 14.2 Å². The molecule has 0 aliphatic rings. The van der Waals surface area contributed by atoms with Crippen molar-refractivity contribution in [2.75, 3.05) is 5.32 Å². The van der Waals surface area contributed by atoms with E-state index in [2.05, 4.69) is 10.3 Å². The van der Waals surface area contributed by atoms with Crippen LogP contribution in [0.5, 0.6) is 0 Å². The maximum atomic E-state index is 13.1. The molecule has 0 saturated carbocycles. The molecule has 3 aromatic rings. The minimum Gasteiger partial charge on any atom is -0.324 e. The summed E-state index contributed by atoms with van der Waals surface area (Å²) in [4.78, 5) is 29.7. The number of rotatable bonds is 5. The number of fused-ring (bicyclic) bond motifs is 1. The first kappa shape index (κ1) is 19.4. The van der Waals surface area contributed by atoms with E-state index in [9.17, 15) is 14.0 Å². The summed E-state index contributed by atoms with van der Waals surface area (Å²) in [6.45, 7) is 4.00. The lowest BCUT2D eigenvalue weighted by atomic mass is 10.2. The Morgan fingerprint density at radius 3 is 2.78 bits per heavy atom. The van der Waals surface area contributed by atoms with Crippen molar-refractivity contribution in [2.45, 2.75) is 30.8 Å². The van der Waals surface area contributed by atoms with Crippen molar-refractivity contribution in [2.24, 2.45) is 0 Å². The summed E-state index contributed by atoms with van der Waals surface area (Å²) in [5, 5.41) is 3.26. The van der Waals surface area contributed by atoms with E-state index in [0.29, 0.717) is 28.3 Å². The average Bonchev–Trinajstić information content (AvgIpc) is 2.64. The van der Waals surface area contributed by atoms with Gasteiger partial charge in [-0.2, -0.15) is 0 Å². The van der Waals surface area contributed by atoms with Crippen LogP contribution in [0.2, 0.25) is 5.02 Å². The van der Waals surface area contributed by atoms with Crippen LogP contribution in [0.3, 0.4) is 0 Å². The number of hydrogen-bond donors (Lipinski definition) is 1. The van der Waals surface area contributed by atoms with Gasteiger partial charge in [0.25, 0.3) is 5.56 Å². The second-order valence-corrected chi connectivity index (χ2v) is 7.55. The molecule has 1 N–H and O–H groups in total. The van der Waals surface area contributed by atoms with Crippen LogP contribution in [0.15, 0.2) is 52.4 Å². The molecule has 0 radical (unpaired) electrons. The number of halogens is 2. The molecule has 0 saturated heterocycles. The van der Waals surface area contributed by atoms with Gasteiger partial charge in [0.1, 0.15) is 5.82 Å². The first-order valence-corrected chi connectivity index (χ1v) is 9.58. The summed E-state index contributed by atoms with van der Waals surface area (Å²) in [7, 11) is 0. The van der Waals surface area contributed by atoms with E-state index >= 15 is 0 Å². The molecule has 140 valence electrons. The van der Waals surface area contributed by atoms with E-state index in [0.717, 1.165) is 6.07 Å². The molecular weight excluding hydrogens is 389 g/mol. The van der Waals surface area contributed by atoms with Crippen LogP contribution in [0.4, 0.5) is 10.1 Å². The number of anilines is 1. The summed E-state index contributed by atoms with van der Waals surface area (Å²) in [6, 6.07) is 10.9. The number of amides is 1. The van der Waals surface area contributed by atoms with Crippen LogP contribution in [-0.4, -0.2) is 20.7 Å².